The van der Waals surface area contributed by atoms with Gasteiger partial charge in [0.15, 0.2) is 0 Å². The molecule has 0 unspecified atom stereocenters. The molecule has 0 saturated heterocycles. The average Bonchev–Trinajstić information content (AvgIpc) is 2.44. The molecule has 100 valence electrons. The van der Waals surface area contributed by atoms with Crippen LogP contribution in [0.15, 0.2) is 47.4 Å². The Labute approximate surface area is 116 Å². The molecule has 2 nitrogen and oxygen atoms in total. The van der Waals surface area contributed by atoms with Crippen molar-refractivity contribution >= 4 is 11.8 Å². The van der Waals surface area contributed by atoms with Crippen molar-refractivity contribution in [3.05, 3.63) is 59.4 Å². The van der Waals surface area contributed by atoms with Crippen molar-refractivity contribution in [2.24, 2.45) is 5.73 Å². The van der Waals surface area contributed by atoms with E-state index in [0.29, 0.717) is 13.2 Å². The Kier molecular flexibility index (Phi) is 4.82. The Balaban J connectivity index is 2.12. The predicted molar refractivity (Wildman–Crippen MR) is 76.8 cm³/mol. The van der Waals surface area contributed by atoms with Crippen LogP contribution in [0.1, 0.15) is 11.1 Å². The van der Waals surface area contributed by atoms with Crippen molar-refractivity contribution < 1.29 is 9.13 Å². The summed E-state index contributed by atoms with van der Waals surface area (Å²) in [5.74, 6) is 0.535. The lowest BCUT2D eigenvalue weighted by atomic mass is 10.1. The van der Waals surface area contributed by atoms with E-state index in [1.54, 1.807) is 11.8 Å². The highest BCUT2D eigenvalue weighted by Gasteiger charge is 2.04. The van der Waals surface area contributed by atoms with Gasteiger partial charge < -0.3 is 10.5 Å². The van der Waals surface area contributed by atoms with E-state index in [2.05, 4.69) is 0 Å². The van der Waals surface area contributed by atoms with Gasteiger partial charge in [-0.3, -0.25) is 0 Å². The lowest BCUT2D eigenvalue weighted by Crippen LogP contribution is -2.01. The highest BCUT2D eigenvalue weighted by molar-refractivity contribution is 7.98. The first-order valence-corrected chi connectivity index (χ1v) is 7.19. The first-order chi connectivity index (χ1) is 9.22. The van der Waals surface area contributed by atoms with Gasteiger partial charge in [0.25, 0.3) is 0 Å². The lowest BCUT2D eigenvalue weighted by molar-refractivity contribution is 0.298. The maximum Gasteiger partial charge on any atom is 0.133 e. The molecule has 0 aliphatic heterocycles. The van der Waals surface area contributed by atoms with Crippen LogP contribution in [-0.2, 0) is 13.2 Å². The van der Waals surface area contributed by atoms with Gasteiger partial charge in [-0.15, -0.1) is 11.8 Å². The number of benzene rings is 2. The number of ether oxygens (including phenoxy) is 1. The van der Waals surface area contributed by atoms with Gasteiger partial charge in [0.2, 0.25) is 0 Å². The van der Waals surface area contributed by atoms with E-state index in [-0.39, 0.29) is 5.82 Å². The van der Waals surface area contributed by atoms with Gasteiger partial charge in [0, 0.05) is 11.4 Å². The standard InChI is InChI=1S/C15H16FNOS/c1-19-15-5-3-2-4-14(15)18-10-12-6-11(9-17)7-13(16)8-12/h2-8H,9-10,17H2,1H3. The van der Waals surface area contributed by atoms with Gasteiger partial charge in [0.05, 0.1) is 0 Å². The fourth-order valence-corrected chi connectivity index (χ4v) is 2.36. The summed E-state index contributed by atoms with van der Waals surface area (Å²) < 4.78 is 19.1. The summed E-state index contributed by atoms with van der Waals surface area (Å²) >= 11 is 1.62. The molecule has 0 fully saturated rings. The van der Waals surface area contributed by atoms with Crippen molar-refractivity contribution in [2.45, 2.75) is 18.0 Å². The minimum atomic E-state index is -0.278. The third kappa shape index (κ3) is 3.72. The molecule has 4 heteroatoms. The first-order valence-electron chi connectivity index (χ1n) is 5.97. The molecule has 0 radical (unpaired) electrons. The molecule has 2 rings (SSSR count). The van der Waals surface area contributed by atoms with Crippen LogP contribution in [0.5, 0.6) is 5.75 Å². The summed E-state index contributed by atoms with van der Waals surface area (Å²) in [5.41, 5.74) is 7.09. The molecule has 0 spiro atoms. The van der Waals surface area contributed by atoms with Crippen molar-refractivity contribution in [2.75, 3.05) is 6.26 Å². The average molecular weight is 277 g/mol. The maximum atomic E-state index is 13.4. The van der Waals surface area contributed by atoms with Crippen molar-refractivity contribution in [1.29, 1.82) is 0 Å². The Morgan fingerprint density at radius 2 is 1.89 bits per heavy atom. The van der Waals surface area contributed by atoms with E-state index in [9.17, 15) is 4.39 Å². The Hall–Kier alpha value is -1.52. The van der Waals surface area contributed by atoms with Crippen molar-refractivity contribution in [3.63, 3.8) is 0 Å². The van der Waals surface area contributed by atoms with Crippen LogP contribution in [0, 0.1) is 5.82 Å². The van der Waals surface area contributed by atoms with Crippen molar-refractivity contribution in [1.82, 2.24) is 0 Å². The summed E-state index contributed by atoms with van der Waals surface area (Å²) in [6.07, 6.45) is 2.00. The third-order valence-corrected chi connectivity index (χ3v) is 3.49. The molecule has 0 saturated carbocycles. The van der Waals surface area contributed by atoms with E-state index in [4.69, 9.17) is 10.5 Å². The van der Waals surface area contributed by atoms with E-state index < -0.39 is 0 Å². The zero-order chi connectivity index (χ0) is 13.7. The third-order valence-electron chi connectivity index (χ3n) is 2.72. The van der Waals surface area contributed by atoms with Gasteiger partial charge in [-0.05, 0) is 41.6 Å². The number of hydrogen-bond acceptors (Lipinski definition) is 3. The second-order valence-electron chi connectivity index (χ2n) is 4.11. The molecule has 2 aromatic carbocycles. The van der Waals surface area contributed by atoms with Gasteiger partial charge in [-0.1, -0.05) is 18.2 Å². The highest BCUT2D eigenvalue weighted by atomic mass is 32.2. The Bertz CT molecular complexity index is 560. The quantitative estimate of drug-likeness (QED) is 0.848. The van der Waals surface area contributed by atoms with E-state index in [1.165, 1.54) is 12.1 Å². The predicted octanol–water partition coefficient (Wildman–Crippen LogP) is 3.59. The Morgan fingerprint density at radius 3 is 2.63 bits per heavy atom. The number of para-hydroxylation sites is 1. The minimum Gasteiger partial charge on any atom is -0.488 e. The van der Waals surface area contributed by atoms with E-state index in [1.807, 2.05) is 36.6 Å². The molecule has 0 aromatic heterocycles. The molecule has 0 aliphatic rings. The summed E-state index contributed by atoms with van der Waals surface area (Å²) in [6.45, 7) is 0.661. The van der Waals surface area contributed by atoms with Gasteiger partial charge >= 0.3 is 0 Å². The lowest BCUT2D eigenvalue weighted by Gasteiger charge is -2.10. The van der Waals surface area contributed by atoms with Crippen LogP contribution in [-0.4, -0.2) is 6.26 Å². The van der Waals surface area contributed by atoms with Crippen LogP contribution in [0.25, 0.3) is 0 Å². The molecule has 0 amide bonds. The maximum absolute atomic E-state index is 13.4. The first kappa shape index (κ1) is 13.9. The summed E-state index contributed by atoms with van der Waals surface area (Å²) in [4.78, 5) is 1.07. The van der Waals surface area contributed by atoms with Gasteiger partial charge in [-0.25, -0.2) is 4.39 Å². The molecule has 19 heavy (non-hydrogen) atoms. The molecule has 2 N–H and O–H groups in total. The van der Waals surface area contributed by atoms with Crippen LogP contribution >= 0.6 is 11.8 Å². The molecule has 0 heterocycles. The number of nitrogens with two attached hydrogens (primary N) is 1. The summed E-state index contributed by atoms with van der Waals surface area (Å²) in [6, 6.07) is 12.6. The zero-order valence-electron chi connectivity index (χ0n) is 10.7. The zero-order valence-corrected chi connectivity index (χ0v) is 11.5. The fourth-order valence-electron chi connectivity index (χ4n) is 1.82. The van der Waals surface area contributed by atoms with E-state index in [0.717, 1.165) is 21.8 Å². The SMILES string of the molecule is CSc1ccccc1OCc1cc(F)cc(CN)c1. The number of thioether (sulfide) groups is 1. The van der Waals surface area contributed by atoms with Gasteiger partial charge in [-0.2, -0.15) is 0 Å². The molecular weight excluding hydrogens is 261 g/mol. The Morgan fingerprint density at radius 1 is 1.16 bits per heavy atom. The normalized spacial score (nSPS) is 10.5. The number of hydrogen-bond donors (Lipinski definition) is 1. The summed E-state index contributed by atoms with van der Waals surface area (Å²) in [5, 5.41) is 0. The molecule has 2 aromatic rings. The second-order valence-corrected chi connectivity index (χ2v) is 4.96. The number of rotatable bonds is 5. The van der Waals surface area contributed by atoms with Crippen molar-refractivity contribution in [3.8, 4) is 5.75 Å². The summed E-state index contributed by atoms with van der Waals surface area (Å²) in [7, 11) is 0. The van der Waals surface area contributed by atoms with Crippen LogP contribution < -0.4 is 10.5 Å². The molecule has 0 aliphatic carbocycles. The highest BCUT2D eigenvalue weighted by Crippen LogP contribution is 2.27. The minimum absolute atomic E-state index is 0.278. The molecule has 0 atom stereocenters. The smallest absolute Gasteiger partial charge is 0.133 e. The number of halogens is 1. The molecule has 0 bridgehead atoms. The van der Waals surface area contributed by atoms with Gasteiger partial charge in [0.1, 0.15) is 18.2 Å². The monoisotopic (exact) mass is 277 g/mol. The topological polar surface area (TPSA) is 35.2 Å². The fraction of sp³-hybridized carbons (Fsp3) is 0.200. The largest absolute Gasteiger partial charge is 0.488 e. The van der Waals surface area contributed by atoms with Crippen LogP contribution in [0.4, 0.5) is 4.39 Å². The van der Waals surface area contributed by atoms with Crippen LogP contribution in [0.2, 0.25) is 0 Å². The molecular formula is C15H16FNOS. The van der Waals surface area contributed by atoms with Crippen LogP contribution in [0.3, 0.4) is 0 Å². The second kappa shape index (κ2) is 6.59. The van der Waals surface area contributed by atoms with E-state index >= 15 is 0 Å².